The van der Waals surface area contributed by atoms with E-state index in [0.717, 1.165) is 61.0 Å². The third kappa shape index (κ3) is 6.04. The number of nitrogens with zero attached hydrogens (tertiary/aromatic N) is 5. The molecule has 42 heavy (non-hydrogen) atoms. The molecule has 0 unspecified atom stereocenters. The molecule has 12 heteroatoms. The Hall–Kier alpha value is -4.16. The van der Waals surface area contributed by atoms with E-state index in [1.165, 1.54) is 0 Å². The molecule has 1 fully saturated rings. The molecule has 0 aromatic carbocycles. The Morgan fingerprint density at radius 3 is 2.67 bits per heavy atom. The van der Waals surface area contributed by atoms with Crippen LogP contribution in [0.2, 0.25) is 0 Å². The summed E-state index contributed by atoms with van der Waals surface area (Å²) in [6.07, 6.45) is 5.72. The minimum Gasteiger partial charge on any atom is -0.482 e. The highest BCUT2D eigenvalue weighted by molar-refractivity contribution is 5.96. The van der Waals surface area contributed by atoms with Crippen LogP contribution in [-0.4, -0.2) is 80.2 Å². The number of methoxy groups -OCH3 is 1. The number of pyridine rings is 2. The van der Waals surface area contributed by atoms with Gasteiger partial charge < -0.3 is 35.5 Å². The van der Waals surface area contributed by atoms with Crippen molar-refractivity contribution in [3.8, 4) is 23.1 Å². The first kappa shape index (κ1) is 29.3. The van der Waals surface area contributed by atoms with Crippen LogP contribution in [-0.2, 0) is 11.3 Å². The third-order valence-corrected chi connectivity index (χ3v) is 7.76. The van der Waals surface area contributed by atoms with Crippen molar-refractivity contribution < 1.29 is 24.2 Å². The summed E-state index contributed by atoms with van der Waals surface area (Å²) in [6, 6.07) is 9.12. The molecule has 12 nitrogen and oxygen atoms in total. The second-order valence-electron chi connectivity index (χ2n) is 10.8. The zero-order valence-electron chi connectivity index (χ0n) is 24.2. The maximum Gasteiger partial charge on any atom is 0.341 e. The normalized spacial score (nSPS) is 15.4. The molecular formula is C30H39N7O5. The molecule has 0 spiro atoms. The van der Waals surface area contributed by atoms with E-state index in [-0.39, 0.29) is 17.8 Å². The van der Waals surface area contributed by atoms with Gasteiger partial charge in [0.2, 0.25) is 5.88 Å². The van der Waals surface area contributed by atoms with Gasteiger partial charge in [0.25, 0.3) is 5.91 Å². The van der Waals surface area contributed by atoms with Gasteiger partial charge in [-0.1, -0.05) is 12.8 Å². The van der Waals surface area contributed by atoms with Gasteiger partial charge in [0.15, 0.2) is 12.5 Å². The van der Waals surface area contributed by atoms with Crippen LogP contribution in [0.3, 0.4) is 0 Å². The number of rotatable bonds is 12. The number of aliphatic carboxylic acids is 1. The van der Waals surface area contributed by atoms with Crippen LogP contribution >= 0.6 is 0 Å². The summed E-state index contributed by atoms with van der Waals surface area (Å²) in [5.74, 6) is -0.394. The summed E-state index contributed by atoms with van der Waals surface area (Å²) in [5, 5.41) is 9.93. The number of piperidine rings is 1. The molecule has 4 aromatic rings. The number of hydrogen-bond acceptors (Lipinski definition) is 8. The zero-order chi connectivity index (χ0) is 29.8. The number of unbranched alkanes of at least 4 members (excludes halogenated alkanes) is 3. The number of aromatic nitrogens is 4. The van der Waals surface area contributed by atoms with Gasteiger partial charge in [-0.2, -0.15) is 4.98 Å². The second kappa shape index (κ2) is 12.8. The van der Waals surface area contributed by atoms with Crippen LogP contribution in [0.5, 0.6) is 11.8 Å². The topological polar surface area (TPSA) is 163 Å². The Bertz CT molecular complexity index is 1590. The Morgan fingerprint density at radius 1 is 1.12 bits per heavy atom. The lowest BCUT2D eigenvalue weighted by Gasteiger charge is -2.30. The minimum absolute atomic E-state index is 0.0190. The number of aryl methyl sites for hydroxylation is 2. The molecule has 5 rings (SSSR count). The first-order valence-corrected chi connectivity index (χ1v) is 14.5. The van der Waals surface area contributed by atoms with Gasteiger partial charge in [-0.15, -0.1) is 0 Å². The highest BCUT2D eigenvalue weighted by Gasteiger charge is 2.25. The quantitative estimate of drug-likeness (QED) is 0.215. The summed E-state index contributed by atoms with van der Waals surface area (Å²) in [5.41, 5.74) is 16.1. The Labute approximate surface area is 244 Å². The first-order chi connectivity index (χ1) is 20.3. The standard InChI is InChI=1S/C30H39N7O5/c1-19-28(33-24-15-21(16-26(41-2)37(19)24)30(40)35-12-7-8-22(32)17-35)23-14-20-9-10-25(42-18-27(38)39)34-29(20)36(23)13-6-4-3-5-11-31/h9-10,14-16,22H,3-8,11-13,17-18,31-32H2,1-2H3,(H,38,39)/t22-/m1/s1. The van der Waals surface area contributed by atoms with Crippen molar-refractivity contribution in [1.29, 1.82) is 0 Å². The zero-order valence-corrected chi connectivity index (χ0v) is 24.2. The highest BCUT2D eigenvalue weighted by Crippen LogP contribution is 2.33. The number of amides is 1. The summed E-state index contributed by atoms with van der Waals surface area (Å²) < 4.78 is 15.1. The lowest BCUT2D eigenvalue weighted by Crippen LogP contribution is -2.45. The van der Waals surface area contributed by atoms with E-state index in [9.17, 15) is 9.59 Å². The fourth-order valence-corrected chi connectivity index (χ4v) is 5.69. The molecule has 5 N–H and O–H groups in total. The average Bonchev–Trinajstić information content (AvgIpc) is 3.51. The molecule has 0 bridgehead atoms. The van der Waals surface area contributed by atoms with Crippen molar-refractivity contribution in [3.63, 3.8) is 0 Å². The first-order valence-electron chi connectivity index (χ1n) is 14.5. The monoisotopic (exact) mass is 577 g/mol. The van der Waals surface area contributed by atoms with Gasteiger partial charge in [-0.25, -0.2) is 9.78 Å². The van der Waals surface area contributed by atoms with E-state index in [1.807, 2.05) is 23.5 Å². The van der Waals surface area contributed by atoms with Gasteiger partial charge in [0.05, 0.1) is 18.5 Å². The largest absolute Gasteiger partial charge is 0.482 e. The Morgan fingerprint density at radius 2 is 1.93 bits per heavy atom. The molecule has 0 radical (unpaired) electrons. The maximum atomic E-state index is 13.4. The number of hydrogen-bond donors (Lipinski definition) is 3. The summed E-state index contributed by atoms with van der Waals surface area (Å²) in [7, 11) is 1.58. The van der Waals surface area contributed by atoms with E-state index in [2.05, 4.69) is 9.55 Å². The molecule has 0 aliphatic carbocycles. The average molecular weight is 578 g/mol. The van der Waals surface area contributed by atoms with E-state index in [4.69, 9.17) is 31.0 Å². The van der Waals surface area contributed by atoms with Gasteiger partial charge in [0, 0.05) is 48.8 Å². The van der Waals surface area contributed by atoms with Crippen molar-refractivity contribution in [1.82, 2.24) is 23.8 Å². The number of likely N-dealkylation sites (tertiary alicyclic amines) is 1. The molecule has 1 saturated heterocycles. The van der Waals surface area contributed by atoms with Crippen molar-refractivity contribution in [3.05, 3.63) is 41.6 Å². The third-order valence-electron chi connectivity index (χ3n) is 7.76. The fourth-order valence-electron chi connectivity index (χ4n) is 5.69. The van der Waals surface area contributed by atoms with E-state index < -0.39 is 12.6 Å². The summed E-state index contributed by atoms with van der Waals surface area (Å²) in [4.78, 5) is 35.9. The van der Waals surface area contributed by atoms with Crippen LogP contribution in [0.15, 0.2) is 30.3 Å². The smallest absolute Gasteiger partial charge is 0.341 e. The Kier molecular flexibility index (Phi) is 8.93. The second-order valence-corrected chi connectivity index (χ2v) is 10.8. The lowest BCUT2D eigenvalue weighted by atomic mass is 10.1. The molecule has 224 valence electrons. The highest BCUT2D eigenvalue weighted by atomic mass is 16.5. The van der Waals surface area contributed by atoms with Gasteiger partial charge in [0.1, 0.15) is 17.0 Å². The van der Waals surface area contributed by atoms with Crippen LogP contribution in [0.4, 0.5) is 0 Å². The maximum absolute atomic E-state index is 13.4. The van der Waals surface area contributed by atoms with E-state index >= 15 is 0 Å². The lowest BCUT2D eigenvalue weighted by molar-refractivity contribution is -0.139. The van der Waals surface area contributed by atoms with Crippen molar-refractivity contribution >= 4 is 28.6 Å². The number of carboxylic acids is 1. The predicted octanol–water partition coefficient (Wildman–Crippen LogP) is 3.21. The van der Waals surface area contributed by atoms with E-state index in [0.29, 0.717) is 48.9 Å². The van der Waals surface area contributed by atoms with E-state index in [1.54, 1.807) is 30.2 Å². The van der Waals surface area contributed by atoms with Gasteiger partial charge in [-0.05, 0) is 57.4 Å². The molecule has 1 aliphatic heterocycles. The number of ether oxygens (including phenoxy) is 2. The minimum atomic E-state index is -1.07. The number of carbonyl (C=O) groups excluding carboxylic acids is 1. The van der Waals surface area contributed by atoms with Crippen molar-refractivity contribution in [2.45, 2.75) is 58.0 Å². The SMILES string of the molecule is COc1cc(C(=O)N2CCC[C@@H](N)C2)cc2nc(-c3cc4ccc(OCC(=O)O)nc4n3CCCCCCN)c(C)n12. The fraction of sp³-hybridized carbons (Fsp3) is 0.467. The number of nitrogens with two attached hydrogens (primary N) is 2. The number of carbonyl (C=O) groups is 2. The number of fused-ring (bicyclic) bond motifs is 2. The molecule has 0 saturated carbocycles. The molecule has 1 amide bonds. The van der Waals surface area contributed by atoms with Crippen LogP contribution < -0.4 is 20.9 Å². The molecule has 1 aliphatic rings. The predicted molar refractivity (Wildman–Crippen MR) is 159 cm³/mol. The van der Waals surface area contributed by atoms with Crippen LogP contribution in [0, 0.1) is 6.92 Å². The van der Waals surface area contributed by atoms with Gasteiger partial charge in [-0.3, -0.25) is 9.20 Å². The molecular weight excluding hydrogens is 538 g/mol. The van der Waals surface area contributed by atoms with Crippen molar-refractivity contribution in [2.75, 3.05) is 33.4 Å². The molecule has 5 heterocycles. The van der Waals surface area contributed by atoms with Crippen LogP contribution in [0.1, 0.15) is 54.6 Å². The van der Waals surface area contributed by atoms with Crippen molar-refractivity contribution in [2.24, 2.45) is 11.5 Å². The number of imidazole rings is 1. The Balaban J connectivity index is 1.57. The molecule has 1 atom stereocenters. The summed E-state index contributed by atoms with van der Waals surface area (Å²) in [6.45, 7) is 4.06. The summed E-state index contributed by atoms with van der Waals surface area (Å²) >= 11 is 0. The number of carboxylic acid groups (broad SMARTS) is 1. The van der Waals surface area contributed by atoms with Crippen LogP contribution in [0.25, 0.3) is 28.1 Å². The van der Waals surface area contributed by atoms with Gasteiger partial charge >= 0.3 is 5.97 Å². The molecule has 4 aromatic heterocycles.